The third-order valence-corrected chi connectivity index (χ3v) is 2.56. The van der Waals surface area contributed by atoms with E-state index in [-0.39, 0.29) is 17.1 Å². The average Bonchev–Trinajstić information content (AvgIpc) is 2.16. The first-order chi connectivity index (χ1) is 6.41. The molecule has 0 saturated carbocycles. The molecule has 0 aromatic heterocycles. The number of hydrogen-bond acceptors (Lipinski definition) is 1. The van der Waals surface area contributed by atoms with Crippen LogP contribution in [-0.4, -0.2) is 23.6 Å². The molecular formula is C12H29NSe. The van der Waals surface area contributed by atoms with Gasteiger partial charge in [0.05, 0.1) is 0 Å². The van der Waals surface area contributed by atoms with Crippen LogP contribution in [-0.2, 0) is 0 Å². The molecule has 0 spiro atoms. The fourth-order valence-corrected chi connectivity index (χ4v) is 1.63. The Balaban J connectivity index is 0. The van der Waals surface area contributed by atoms with Gasteiger partial charge in [-0.3, -0.25) is 0 Å². The first-order valence-corrected chi connectivity index (χ1v) is 6.12. The van der Waals surface area contributed by atoms with Crippen LogP contribution in [0.3, 0.4) is 0 Å². The zero-order chi connectivity index (χ0) is 9.78. The maximum atomic E-state index is 5.42. The average molecular weight is 266 g/mol. The first kappa shape index (κ1) is 16.9. The van der Waals surface area contributed by atoms with Gasteiger partial charge in [0.25, 0.3) is 0 Å². The van der Waals surface area contributed by atoms with Gasteiger partial charge in [-0.2, -0.15) is 0 Å². The van der Waals surface area contributed by atoms with E-state index in [1.807, 2.05) is 0 Å². The Kier molecular flexibility index (Phi) is 19.2. The van der Waals surface area contributed by atoms with Crippen molar-refractivity contribution in [2.75, 3.05) is 6.54 Å². The summed E-state index contributed by atoms with van der Waals surface area (Å²) >= 11 is 0. The van der Waals surface area contributed by atoms with Crippen LogP contribution in [0, 0.1) is 0 Å². The zero-order valence-corrected chi connectivity index (χ0v) is 12.0. The molecule has 0 aromatic rings. The van der Waals surface area contributed by atoms with E-state index in [1.165, 1.54) is 64.2 Å². The van der Waals surface area contributed by atoms with Gasteiger partial charge in [0.2, 0.25) is 0 Å². The van der Waals surface area contributed by atoms with Crippen molar-refractivity contribution in [2.45, 2.75) is 71.1 Å². The van der Waals surface area contributed by atoms with Crippen molar-refractivity contribution in [3.05, 3.63) is 0 Å². The van der Waals surface area contributed by atoms with E-state index in [9.17, 15) is 0 Å². The van der Waals surface area contributed by atoms with Crippen molar-refractivity contribution in [1.29, 1.82) is 0 Å². The van der Waals surface area contributed by atoms with E-state index < -0.39 is 0 Å². The van der Waals surface area contributed by atoms with Crippen LogP contribution in [0.25, 0.3) is 0 Å². The molecule has 0 unspecified atom stereocenters. The quantitative estimate of drug-likeness (QED) is 0.477. The minimum absolute atomic E-state index is 0. The SMILES string of the molecule is CCCCCCCCCCCCN.[SeH2]. The monoisotopic (exact) mass is 267 g/mol. The third kappa shape index (κ3) is 15.0. The summed E-state index contributed by atoms with van der Waals surface area (Å²) < 4.78 is 0. The molecule has 0 amide bonds. The van der Waals surface area contributed by atoms with Gasteiger partial charge in [0.15, 0.2) is 0 Å². The fraction of sp³-hybridized carbons (Fsp3) is 1.00. The second kappa shape index (κ2) is 15.9. The molecule has 2 heteroatoms. The topological polar surface area (TPSA) is 26.0 Å². The van der Waals surface area contributed by atoms with Gasteiger partial charge in [0.1, 0.15) is 0 Å². The molecule has 0 aliphatic carbocycles. The second-order valence-electron chi connectivity index (χ2n) is 3.97. The maximum absolute atomic E-state index is 5.42. The summed E-state index contributed by atoms with van der Waals surface area (Å²) in [7, 11) is 0. The predicted molar refractivity (Wildman–Crippen MR) is 69.4 cm³/mol. The number of hydrogen-bond donors (Lipinski definition) is 1. The Morgan fingerprint density at radius 3 is 1.36 bits per heavy atom. The number of nitrogens with two attached hydrogens (primary N) is 1. The van der Waals surface area contributed by atoms with E-state index in [1.54, 1.807) is 0 Å². The molecule has 1 nitrogen and oxygen atoms in total. The van der Waals surface area contributed by atoms with Crippen molar-refractivity contribution in [3.8, 4) is 0 Å². The van der Waals surface area contributed by atoms with Crippen LogP contribution < -0.4 is 5.73 Å². The van der Waals surface area contributed by atoms with Gasteiger partial charge < -0.3 is 5.73 Å². The predicted octanol–water partition coefficient (Wildman–Crippen LogP) is 2.95. The van der Waals surface area contributed by atoms with Gasteiger partial charge in [-0.05, 0) is 13.0 Å². The normalized spacial score (nSPS) is 9.86. The van der Waals surface area contributed by atoms with Crippen LogP contribution >= 0.6 is 0 Å². The summed E-state index contributed by atoms with van der Waals surface area (Å²) in [5.74, 6) is 0. The summed E-state index contributed by atoms with van der Waals surface area (Å²) in [5, 5.41) is 0. The molecule has 0 fully saturated rings. The Labute approximate surface area is 101 Å². The van der Waals surface area contributed by atoms with Crippen molar-refractivity contribution < 1.29 is 0 Å². The van der Waals surface area contributed by atoms with E-state index in [2.05, 4.69) is 6.92 Å². The molecule has 0 radical (unpaired) electrons. The third-order valence-electron chi connectivity index (χ3n) is 2.56. The summed E-state index contributed by atoms with van der Waals surface area (Å²) in [6, 6.07) is 0. The van der Waals surface area contributed by atoms with Gasteiger partial charge in [-0.1, -0.05) is 64.7 Å². The molecule has 2 N–H and O–H groups in total. The summed E-state index contributed by atoms with van der Waals surface area (Å²) in [6.07, 6.45) is 13.9. The molecule has 0 aromatic carbocycles. The molecule has 0 aliphatic heterocycles. The molecule has 0 bridgehead atoms. The van der Waals surface area contributed by atoms with Crippen LogP contribution in [0.1, 0.15) is 71.1 Å². The van der Waals surface area contributed by atoms with E-state index in [0.29, 0.717) is 0 Å². The van der Waals surface area contributed by atoms with Gasteiger partial charge >= 0.3 is 17.1 Å². The molecule has 0 atom stereocenters. The van der Waals surface area contributed by atoms with Crippen molar-refractivity contribution in [1.82, 2.24) is 0 Å². The van der Waals surface area contributed by atoms with Crippen LogP contribution in [0.4, 0.5) is 0 Å². The van der Waals surface area contributed by atoms with E-state index >= 15 is 0 Å². The minimum atomic E-state index is 0. The van der Waals surface area contributed by atoms with Crippen molar-refractivity contribution in [2.24, 2.45) is 5.73 Å². The molecule has 0 aliphatic rings. The van der Waals surface area contributed by atoms with Gasteiger partial charge in [0, 0.05) is 0 Å². The Hall–Kier alpha value is 0.479. The molecule has 0 heterocycles. The summed E-state index contributed by atoms with van der Waals surface area (Å²) in [5.41, 5.74) is 5.42. The molecule has 0 saturated heterocycles. The van der Waals surface area contributed by atoms with Crippen molar-refractivity contribution in [3.63, 3.8) is 0 Å². The standard InChI is InChI=1S/C12H27N.H2Se/c1-2-3-4-5-6-7-8-9-10-11-12-13;/h2-13H2,1H3;1H2. The first-order valence-electron chi connectivity index (χ1n) is 6.12. The number of rotatable bonds is 10. The Morgan fingerprint density at radius 1 is 0.643 bits per heavy atom. The number of unbranched alkanes of at least 4 members (excludes halogenated alkanes) is 9. The van der Waals surface area contributed by atoms with E-state index in [4.69, 9.17) is 5.73 Å². The van der Waals surface area contributed by atoms with Crippen LogP contribution in [0.5, 0.6) is 0 Å². The van der Waals surface area contributed by atoms with Crippen LogP contribution in [0.15, 0.2) is 0 Å². The Morgan fingerprint density at radius 2 is 1.00 bits per heavy atom. The zero-order valence-electron chi connectivity index (χ0n) is 9.86. The molecule has 0 rings (SSSR count). The fourth-order valence-electron chi connectivity index (χ4n) is 1.63. The van der Waals surface area contributed by atoms with Crippen molar-refractivity contribution >= 4 is 17.1 Å². The molecule has 88 valence electrons. The summed E-state index contributed by atoms with van der Waals surface area (Å²) in [4.78, 5) is 0. The second-order valence-corrected chi connectivity index (χ2v) is 3.97. The van der Waals surface area contributed by atoms with Gasteiger partial charge in [-0.15, -0.1) is 0 Å². The van der Waals surface area contributed by atoms with Crippen LogP contribution in [0.2, 0.25) is 0 Å². The Bertz CT molecular complexity index is 76.4. The molecule has 14 heavy (non-hydrogen) atoms. The summed E-state index contributed by atoms with van der Waals surface area (Å²) in [6.45, 7) is 3.14. The molecular weight excluding hydrogens is 237 g/mol. The van der Waals surface area contributed by atoms with E-state index in [0.717, 1.165) is 6.54 Å². The van der Waals surface area contributed by atoms with Gasteiger partial charge in [-0.25, -0.2) is 0 Å².